The van der Waals surface area contributed by atoms with E-state index in [1.807, 2.05) is 66.7 Å². The lowest BCUT2D eigenvalue weighted by atomic mass is 9.83. The number of aryl methyl sites for hydroxylation is 1. The number of hydrogen-bond acceptors (Lipinski definition) is 2. The van der Waals surface area contributed by atoms with E-state index in [9.17, 15) is 14.0 Å². The van der Waals surface area contributed by atoms with Crippen molar-refractivity contribution < 1.29 is 14.0 Å². The van der Waals surface area contributed by atoms with Gasteiger partial charge in [-0.15, -0.1) is 0 Å². The topological polar surface area (TPSA) is 61.4 Å². The average Bonchev–Trinajstić information content (AvgIpc) is 2.88. The van der Waals surface area contributed by atoms with E-state index in [0.29, 0.717) is 38.2 Å². The molecule has 0 aromatic heterocycles. The van der Waals surface area contributed by atoms with Crippen molar-refractivity contribution >= 4 is 11.9 Å². The fourth-order valence-corrected chi connectivity index (χ4v) is 4.43. The molecule has 34 heavy (non-hydrogen) atoms. The number of hydrogen-bond donors (Lipinski definition) is 2. The smallest absolute Gasteiger partial charge is 0.317 e. The van der Waals surface area contributed by atoms with E-state index in [2.05, 4.69) is 10.6 Å². The fraction of sp³-hybridized carbons (Fsp3) is 0.286. The molecule has 1 fully saturated rings. The Bertz CT molecular complexity index is 1060. The van der Waals surface area contributed by atoms with Crippen LogP contribution in [0.1, 0.15) is 34.6 Å². The van der Waals surface area contributed by atoms with Crippen LogP contribution in [0.3, 0.4) is 0 Å². The maximum Gasteiger partial charge on any atom is 0.317 e. The van der Waals surface area contributed by atoms with E-state index in [1.165, 1.54) is 6.07 Å². The molecule has 1 heterocycles. The zero-order valence-corrected chi connectivity index (χ0v) is 19.3. The number of urea groups is 1. The molecule has 1 saturated heterocycles. The summed E-state index contributed by atoms with van der Waals surface area (Å²) in [6.07, 6.45) is 0.605. The molecule has 0 aliphatic carbocycles. The van der Waals surface area contributed by atoms with Gasteiger partial charge in [-0.1, -0.05) is 72.8 Å². The first-order valence-electron chi connectivity index (χ1n) is 11.6. The number of nitrogens with zero attached hydrogens (tertiary/aromatic N) is 1. The number of benzene rings is 3. The third kappa shape index (κ3) is 6.01. The highest BCUT2D eigenvalue weighted by molar-refractivity contribution is 5.81. The minimum Gasteiger partial charge on any atom is -0.352 e. The molecule has 3 aromatic rings. The van der Waals surface area contributed by atoms with Gasteiger partial charge in [-0.3, -0.25) is 4.79 Å². The van der Waals surface area contributed by atoms with Gasteiger partial charge in [0, 0.05) is 32.1 Å². The molecule has 4 rings (SSSR count). The van der Waals surface area contributed by atoms with E-state index < -0.39 is 0 Å². The lowest BCUT2D eigenvalue weighted by Crippen LogP contribution is -2.50. The van der Waals surface area contributed by atoms with Crippen LogP contribution in [0.15, 0.2) is 78.9 Å². The number of carbonyl (C=O) groups excluding carboxylic acids is 2. The van der Waals surface area contributed by atoms with Gasteiger partial charge in [0.05, 0.1) is 5.92 Å². The summed E-state index contributed by atoms with van der Waals surface area (Å²) in [5.74, 6) is -0.735. The molecule has 1 aliphatic rings. The predicted molar refractivity (Wildman–Crippen MR) is 131 cm³/mol. The molecule has 3 aromatic carbocycles. The summed E-state index contributed by atoms with van der Waals surface area (Å²) in [5.41, 5.74) is 3.54. The standard InChI is InChI=1S/C28H30FN3O2/c1-20-14-23(12-13-26(20)29)24-15-25(27(33)30-16-21-8-4-2-5-9-21)19-32(18-24)28(34)31-17-22-10-6-3-7-11-22/h2-14,24-25H,15-19H2,1H3,(H,30,33)(H,31,34). The van der Waals surface area contributed by atoms with Crippen LogP contribution in [0.4, 0.5) is 9.18 Å². The number of carbonyl (C=O) groups is 2. The van der Waals surface area contributed by atoms with Crippen LogP contribution < -0.4 is 10.6 Å². The Hall–Kier alpha value is -3.67. The molecule has 5 nitrogen and oxygen atoms in total. The molecule has 0 radical (unpaired) electrons. The Morgan fingerprint density at radius 1 is 0.882 bits per heavy atom. The number of amides is 3. The molecule has 176 valence electrons. The van der Waals surface area contributed by atoms with E-state index in [1.54, 1.807) is 17.9 Å². The number of rotatable bonds is 6. The Kier molecular flexibility index (Phi) is 7.58. The summed E-state index contributed by atoms with van der Waals surface area (Å²) in [6, 6.07) is 24.3. The van der Waals surface area contributed by atoms with Crippen molar-refractivity contribution in [3.63, 3.8) is 0 Å². The van der Waals surface area contributed by atoms with Gasteiger partial charge in [0.15, 0.2) is 0 Å². The SMILES string of the molecule is Cc1cc(C2CC(C(=O)NCc3ccccc3)CN(C(=O)NCc3ccccc3)C2)ccc1F. The maximum absolute atomic E-state index is 13.9. The monoisotopic (exact) mass is 459 g/mol. The van der Waals surface area contributed by atoms with Crippen LogP contribution in [-0.2, 0) is 17.9 Å². The summed E-state index contributed by atoms with van der Waals surface area (Å²) in [5, 5.41) is 5.99. The van der Waals surface area contributed by atoms with Gasteiger partial charge in [-0.05, 0) is 41.7 Å². The highest BCUT2D eigenvalue weighted by Gasteiger charge is 2.34. The van der Waals surface area contributed by atoms with Gasteiger partial charge in [0.25, 0.3) is 0 Å². The highest BCUT2D eigenvalue weighted by Crippen LogP contribution is 2.31. The molecule has 6 heteroatoms. The molecular formula is C28H30FN3O2. The van der Waals surface area contributed by atoms with Crippen LogP contribution in [0.2, 0.25) is 0 Å². The van der Waals surface area contributed by atoms with Crippen molar-refractivity contribution in [1.29, 1.82) is 0 Å². The zero-order chi connectivity index (χ0) is 23.9. The first kappa shape index (κ1) is 23.5. The van der Waals surface area contributed by atoms with Gasteiger partial charge in [0.1, 0.15) is 5.82 Å². The van der Waals surface area contributed by atoms with Crippen LogP contribution in [-0.4, -0.2) is 29.9 Å². The zero-order valence-electron chi connectivity index (χ0n) is 19.3. The number of nitrogens with one attached hydrogen (secondary N) is 2. The minimum absolute atomic E-state index is 0.0528. The van der Waals surface area contributed by atoms with Gasteiger partial charge >= 0.3 is 6.03 Å². The van der Waals surface area contributed by atoms with Crippen molar-refractivity contribution in [2.24, 2.45) is 5.92 Å². The van der Waals surface area contributed by atoms with Crippen LogP contribution in [0.5, 0.6) is 0 Å². The van der Waals surface area contributed by atoms with Gasteiger partial charge in [0.2, 0.25) is 5.91 Å². The third-order valence-electron chi connectivity index (χ3n) is 6.36. The van der Waals surface area contributed by atoms with E-state index in [4.69, 9.17) is 0 Å². The van der Waals surface area contributed by atoms with Gasteiger partial charge in [-0.2, -0.15) is 0 Å². The third-order valence-corrected chi connectivity index (χ3v) is 6.36. The van der Waals surface area contributed by atoms with Crippen LogP contribution >= 0.6 is 0 Å². The Morgan fingerprint density at radius 2 is 1.50 bits per heavy atom. The maximum atomic E-state index is 13.9. The van der Waals surface area contributed by atoms with Gasteiger partial charge < -0.3 is 15.5 Å². The number of piperidine rings is 1. The molecule has 1 aliphatic heterocycles. The summed E-state index contributed by atoms with van der Waals surface area (Å²) < 4.78 is 13.9. The van der Waals surface area contributed by atoms with Crippen molar-refractivity contribution in [1.82, 2.24) is 15.5 Å². The molecular weight excluding hydrogens is 429 g/mol. The molecule has 0 saturated carbocycles. The fourth-order valence-electron chi connectivity index (χ4n) is 4.43. The van der Waals surface area contributed by atoms with Crippen molar-refractivity contribution in [2.75, 3.05) is 13.1 Å². The summed E-state index contributed by atoms with van der Waals surface area (Å²) in [7, 11) is 0. The van der Waals surface area contributed by atoms with Crippen molar-refractivity contribution in [2.45, 2.75) is 32.4 Å². The average molecular weight is 460 g/mol. The largest absolute Gasteiger partial charge is 0.352 e. The summed E-state index contributed by atoms with van der Waals surface area (Å²) in [4.78, 5) is 27.8. The van der Waals surface area contributed by atoms with Gasteiger partial charge in [-0.25, -0.2) is 9.18 Å². The Balaban J connectivity index is 1.47. The van der Waals surface area contributed by atoms with E-state index in [-0.39, 0.29) is 29.6 Å². The van der Waals surface area contributed by atoms with E-state index in [0.717, 1.165) is 16.7 Å². The van der Waals surface area contributed by atoms with Crippen LogP contribution in [0, 0.1) is 18.7 Å². The molecule has 2 unspecified atom stereocenters. The number of likely N-dealkylation sites (tertiary alicyclic amines) is 1. The first-order chi connectivity index (χ1) is 16.5. The Labute approximate surface area is 200 Å². The molecule has 2 N–H and O–H groups in total. The lowest BCUT2D eigenvalue weighted by Gasteiger charge is -2.37. The molecule has 0 spiro atoms. The lowest BCUT2D eigenvalue weighted by molar-refractivity contribution is -0.126. The molecule has 2 atom stereocenters. The van der Waals surface area contributed by atoms with Crippen LogP contribution in [0.25, 0.3) is 0 Å². The second kappa shape index (κ2) is 11.0. The highest BCUT2D eigenvalue weighted by atomic mass is 19.1. The van der Waals surface area contributed by atoms with E-state index >= 15 is 0 Å². The quantitative estimate of drug-likeness (QED) is 0.558. The predicted octanol–water partition coefficient (Wildman–Crippen LogP) is 4.77. The molecule has 3 amide bonds. The van der Waals surface area contributed by atoms with Crippen molar-refractivity contribution in [3.8, 4) is 0 Å². The minimum atomic E-state index is -0.352. The summed E-state index contributed by atoms with van der Waals surface area (Å²) >= 11 is 0. The normalized spacial score (nSPS) is 17.8. The van der Waals surface area contributed by atoms with Crippen molar-refractivity contribution in [3.05, 3.63) is 107 Å². The molecule has 0 bridgehead atoms. The second-order valence-corrected chi connectivity index (χ2v) is 8.89. The second-order valence-electron chi connectivity index (χ2n) is 8.89. The first-order valence-corrected chi connectivity index (χ1v) is 11.6. The summed E-state index contributed by atoms with van der Waals surface area (Å²) in [6.45, 7) is 3.42. The Morgan fingerprint density at radius 3 is 2.12 bits per heavy atom. The number of halogens is 1.